The average Bonchev–Trinajstić information content (AvgIpc) is 3.40. The topological polar surface area (TPSA) is 115 Å². The second-order valence-corrected chi connectivity index (χ2v) is 27.3. The van der Waals surface area contributed by atoms with Gasteiger partial charge in [0, 0.05) is 31.4 Å². The van der Waals surface area contributed by atoms with E-state index in [9.17, 15) is 14.6 Å². The highest BCUT2D eigenvalue weighted by atomic mass is 32.2. The number of quaternary nitrogens is 1. The maximum atomic E-state index is 15.0. The fraction of sp³-hybridized carbons (Fsp3) is 0.839. The van der Waals surface area contributed by atoms with Gasteiger partial charge >= 0.3 is 13.8 Å². The van der Waals surface area contributed by atoms with Gasteiger partial charge in [0.05, 0.1) is 48.8 Å². The smallest absolute Gasteiger partial charge is 0.463 e. The number of benzene rings is 1. The number of carbonyl (C=O) groups excluding carboxylic acids is 2. The van der Waals surface area contributed by atoms with Crippen LogP contribution in [0.4, 0.5) is 0 Å². The molecule has 1 aromatic rings. The summed E-state index contributed by atoms with van der Waals surface area (Å²) in [4.78, 5) is 31.7. The van der Waals surface area contributed by atoms with Gasteiger partial charge in [-0.15, -0.1) is 11.8 Å². The summed E-state index contributed by atoms with van der Waals surface area (Å²) in [6.45, 7) is 18.8. The van der Waals surface area contributed by atoms with Crippen LogP contribution >= 0.6 is 31.8 Å². The van der Waals surface area contributed by atoms with Gasteiger partial charge in [-0.2, -0.15) is 5.26 Å². The predicted octanol–water partition coefficient (Wildman–Crippen LogP) is 18.0. The van der Waals surface area contributed by atoms with Crippen molar-refractivity contribution in [2.24, 2.45) is 16.2 Å². The average molecular weight is 1110 g/mol. The standard InChI is InChI=1S/C62H113N3O7PS2/c1-13-18-20-22-24-26-28-30-32-34-36-41-47-64(48-42-37-35-33-31-29-27-25-23-21-19-14-2)56(66)45-46-59(6,54-63)62(16-4,17-5)53-60(7,61(8,15-3)75-57(74)55-43-39-38-40-44-55)58(67)70-51-52-72-73(68,69-12)71-50-49-65(9,10)11/h38-40,43-44H,13-37,41-42,45-53H2,1-12H3/q+1. The van der Waals surface area contributed by atoms with Crippen LogP contribution in [0.25, 0.3) is 0 Å². The molecule has 0 aliphatic carbocycles. The van der Waals surface area contributed by atoms with Crippen molar-refractivity contribution in [2.45, 2.75) is 253 Å². The summed E-state index contributed by atoms with van der Waals surface area (Å²) in [5.41, 5.74) is -1.92. The molecule has 75 heavy (non-hydrogen) atoms. The number of ether oxygens (including phenoxy) is 1. The minimum absolute atomic E-state index is 0.128. The first-order valence-electron chi connectivity index (χ1n) is 30.1. The summed E-state index contributed by atoms with van der Waals surface area (Å²) in [6.07, 6.45) is 33.4. The van der Waals surface area contributed by atoms with Crippen molar-refractivity contribution >= 4 is 47.9 Å². The van der Waals surface area contributed by atoms with E-state index in [2.05, 4.69) is 52.5 Å². The summed E-state index contributed by atoms with van der Waals surface area (Å²) in [5, 5.41) is 11.4. The molecular formula is C62H113N3O7PS2+. The minimum atomic E-state index is -3.90. The Kier molecular flexibility index (Phi) is 37.5. The highest BCUT2D eigenvalue weighted by Gasteiger charge is 2.58. The van der Waals surface area contributed by atoms with Gasteiger partial charge in [-0.3, -0.25) is 23.2 Å². The largest absolute Gasteiger partial charge is 0.474 e. The Morgan fingerprint density at radius 3 is 1.51 bits per heavy atom. The number of nitriles is 1. The number of nitrogens with zero attached hydrogens (tertiary/aromatic N) is 3. The lowest BCUT2D eigenvalue weighted by atomic mass is 9.53. The number of thiocarbonyl (C=S) groups is 1. The molecule has 0 radical (unpaired) electrons. The van der Waals surface area contributed by atoms with Crippen LogP contribution in [0, 0.1) is 27.6 Å². The third-order valence-electron chi connectivity index (χ3n) is 16.6. The van der Waals surface area contributed by atoms with Gasteiger partial charge in [-0.25, -0.2) is 4.57 Å². The summed E-state index contributed by atoms with van der Waals surface area (Å²) >= 11 is 7.60. The number of carbonyl (C=O) groups is 2. The third-order valence-corrected chi connectivity index (χ3v) is 20.2. The molecule has 1 aromatic carbocycles. The molecule has 4 atom stereocenters. The van der Waals surface area contributed by atoms with E-state index in [0.717, 1.165) is 44.3 Å². The lowest BCUT2D eigenvalue weighted by Gasteiger charge is -2.53. The molecule has 0 heterocycles. The number of amides is 1. The van der Waals surface area contributed by atoms with Crippen LogP contribution in [0.1, 0.15) is 254 Å². The predicted molar refractivity (Wildman–Crippen MR) is 322 cm³/mol. The first-order chi connectivity index (χ1) is 35.7. The number of phosphoric ester groups is 1. The molecule has 0 aromatic heterocycles. The Labute approximate surface area is 471 Å². The van der Waals surface area contributed by atoms with E-state index in [1.165, 1.54) is 147 Å². The van der Waals surface area contributed by atoms with Gasteiger partial charge in [-0.1, -0.05) is 218 Å². The highest BCUT2D eigenvalue weighted by Crippen LogP contribution is 2.60. The molecule has 1 rings (SSSR count). The molecule has 10 nitrogen and oxygen atoms in total. The molecule has 0 saturated heterocycles. The fourth-order valence-corrected chi connectivity index (χ4v) is 13.4. The number of hydrogen-bond acceptors (Lipinski definition) is 10. The number of hydrogen-bond donors (Lipinski definition) is 0. The molecule has 4 unspecified atom stereocenters. The van der Waals surface area contributed by atoms with Gasteiger partial charge in [0.2, 0.25) is 5.91 Å². The maximum absolute atomic E-state index is 15.0. The van der Waals surface area contributed by atoms with Crippen molar-refractivity contribution in [2.75, 3.05) is 67.7 Å². The Bertz CT molecular complexity index is 1740. The monoisotopic (exact) mass is 1110 g/mol. The van der Waals surface area contributed by atoms with E-state index >= 15 is 4.79 Å². The van der Waals surface area contributed by atoms with E-state index in [0.29, 0.717) is 47.3 Å². The summed E-state index contributed by atoms with van der Waals surface area (Å²) < 4.78 is 36.4. The van der Waals surface area contributed by atoms with Crippen LogP contribution < -0.4 is 0 Å². The molecular weight excluding hydrogens is 994 g/mol. The van der Waals surface area contributed by atoms with Crippen LogP contribution in [0.5, 0.6) is 0 Å². The van der Waals surface area contributed by atoms with E-state index in [4.69, 9.17) is 30.5 Å². The SMILES string of the molecule is CCCCCCCCCCCCCCN(CCCCCCCCCCCCCC)C(=O)CCC(C)(C#N)C(CC)(CC)CC(C)(C(=O)OCCOP(=O)(OC)OCC[N+](C)(C)C)C(C)(CC)SC(=S)c1ccccc1. The zero-order valence-corrected chi connectivity index (χ0v) is 52.8. The zero-order chi connectivity index (χ0) is 56.1. The molecule has 0 aliphatic heterocycles. The van der Waals surface area contributed by atoms with Crippen molar-refractivity contribution in [1.29, 1.82) is 5.26 Å². The van der Waals surface area contributed by atoms with Gasteiger partial charge in [0.25, 0.3) is 0 Å². The minimum Gasteiger partial charge on any atom is -0.463 e. The molecule has 0 fully saturated rings. The van der Waals surface area contributed by atoms with Crippen molar-refractivity contribution < 1.29 is 36.9 Å². The summed E-state index contributed by atoms with van der Waals surface area (Å²) in [6, 6.07) is 12.6. The number of rotatable bonds is 48. The van der Waals surface area contributed by atoms with Gasteiger partial charge in [-0.05, 0) is 76.7 Å². The van der Waals surface area contributed by atoms with Gasteiger partial charge in [0.15, 0.2) is 0 Å². The fourth-order valence-electron chi connectivity index (χ4n) is 10.7. The number of phosphoric acid groups is 1. The Hall–Kier alpha value is -1.84. The zero-order valence-electron chi connectivity index (χ0n) is 50.3. The summed E-state index contributed by atoms with van der Waals surface area (Å²) in [5.74, 6) is -0.321. The molecule has 0 spiro atoms. The Morgan fingerprint density at radius 1 is 0.667 bits per heavy atom. The van der Waals surface area contributed by atoms with Gasteiger partial charge in [0.1, 0.15) is 19.8 Å². The van der Waals surface area contributed by atoms with Crippen LogP contribution in [-0.2, 0) is 32.5 Å². The highest BCUT2D eigenvalue weighted by molar-refractivity contribution is 8.24. The van der Waals surface area contributed by atoms with Crippen LogP contribution in [0.2, 0.25) is 0 Å². The quantitative estimate of drug-likeness (QED) is 0.0205. The van der Waals surface area contributed by atoms with Crippen LogP contribution in [0.3, 0.4) is 0 Å². The number of unbranched alkanes of at least 4 members (excludes halogenated alkanes) is 22. The van der Waals surface area contributed by atoms with E-state index in [1.807, 2.05) is 65.3 Å². The van der Waals surface area contributed by atoms with E-state index in [1.54, 1.807) is 0 Å². The number of thioether (sulfide) groups is 1. The lowest BCUT2D eigenvalue weighted by Crippen LogP contribution is -2.54. The van der Waals surface area contributed by atoms with Crippen LogP contribution in [-0.4, -0.2) is 97.9 Å². The van der Waals surface area contributed by atoms with Crippen molar-refractivity contribution in [3.8, 4) is 6.07 Å². The summed E-state index contributed by atoms with van der Waals surface area (Å²) in [7, 11) is 3.41. The number of likely N-dealkylation sites (N-methyl/N-ethyl adjacent to an activating group) is 1. The van der Waals surface area contributed by atoms with E-state index < -0.39 is 34.8 Å². The second-order valence-electron chi connectivity index (χ2n) is 23.4. The third kappa shape index (κ3) is 27.3. The van der Waals surface area contributed by atoms with E-state index in [-0.39, 0.29) is 32.1 Å². The van der Waals surface area contributed by atoms with Crippen molar-refractivity contribution in [3.63, 3.8) is 0 Å². The number of esters is 1. The second kappa shape index (κ2) is 39.5. The molecule has 434 valence electrons. The van der Waals surface area contributed by atoms with Crippen LogP contribution in [0.15, 0.2) is 30.3 Å². The molecule has 13 heteroatoms. The molecule has 0 aliphatic rings. The lowest BCUT2D eigenvalue weighted by molar-refractivity contribution is -0.870. The molecule has 0 bridgehead atoms. The Balaban J connectivity index is 3.35. The maximum Gasteiger partial charge on any atom is 0.474 e. The normalized spacial score (nSPS) is 15.3. The Morgan fingerprint density at radius 2 is 1.11 bits per heavy atom. The molecule has 1 amide bonds. The van der Waals surface area contributed by atoms with Crippen molar-refractivity contribution in [3.05, 3.63) is 35.9 Å². The van der Waals surface area contributed by atoms with Gasteiger partial charge < -0.3 is 14.1 Å². The molecule has 0 saturated carbocycles. The molecule has 0 N–H and O–H groups in total. The first kappa shape index (κ1) is 71.2. The first-order valence-corrected chi connectivity index (χ1v) is 32.8. The van der Waals surface area contributed by atoms with Crippen molar-refractivity contribution in [1.82, 2.24) is 4.90 Å².